The molecule has 6 heteroatoms. The first-order valence-electron chi connectivity index (χ1n) is 19.4. The van der Waals surface area contributed by atoms with Gasteiger partial charge in [-0.15, -0.1) is 11.8 Å². The van der Waals surface area contributed by atoms with Crippen LogP contribution in [0.5, 0.6) is 0 Å². The predicted octanol–water partition coefficient (Wildman–Crippen LogP) is 11.8. The minimum atomic E-state index is -0.195. The van der Waals surface area contributed by atoms with Gasteiger partial charge in [0.1, 0.15) is 12.0 Å². The van der Waals surface area contributed by atoms with Crippen molar-refractivity contribution in [2.45, 2.75) is 48.5 Å². The van der Waals surface area contributed by atoms with E-state index in [0.29, 0.717) is 17.4 Å². The molecule has 4 atom stereocenters. The molecule has 0 saturated carbocycles. The van der Waals surface area contributed by atoms with Crippen molar-refractivity contribution in [3.63, 3.8) is 0 Å². The van der Waals surface area contributed by atoms with Gasteiger partial charge in [0.05, 0.1) is 11.6 Å². The number of hydrogen-bond acceptors (Lipinski definition) is 5. The molecular weight excluding hydrogens is 703 g/mol. The number of nitriles is 1. The molecule has 278 valence electrons. The zero-order valence-corrected chi connectivity index (χ0v) is 33.2. The number of nitrogens with zero attached hydrogens (tertiary/aromatic N) is 3. The number of benzene rings is 5. The molecule has 0 saturated heterocycles. The van der Waals surface area contributed by atoms with Crippen LogP contribution in [0.2, 0.25) is 0 Å². The Labute approximate surface area is 335 Å². The number of thioether (sulfide) groups is 1. The third-order valence-electron chi connectivity index (χ3n) is 11.1. The van der Waals surface area contributed by atoms with Crippen molar-refractivity contribution in [2.24, 2.45) is 10.9 Å². The molecule has 0 fully saturated rings. The number of hydrogen-bond donors (Lipinski definition) is 2. The topological polar surface area (TPSA) is 63.5 Å². The van der Waals surface area contributed by atoms with E-state index in [0.717, 1.165) is 41.3 Å². The third kappa shape index (κ3) is 7.66. The van der Waals surface area contributed by atoms with Crippen LogP contribution in [0.1, 0.15) is 65.7 Å². The summed E-state index contributed by atoms with van der Waals surface area (Å²) in [5, 5.41) is 17.2. The van der Waals surface area contributed by atoms with Gasteiger partial charge in [-0.05, 0) is 90.0 Å². The van der Waals surface area contributed by atoms with Crippen molar-refractivity contribution in [3.8, 4) is 17.2 Å². The van der Waals surface area contributed by atoms with Gasteiger partial charge in [0.15, 0.2) is 0 Å². The van der Waals surface area contributed by atoms with E-state index in [1.807, 2.05) is 42.1 Å². The van der Waals surface area contributed by atoms with Crippen LogP contribution < -0.4 is 10.6 Å². The molecule has 2 aliphatic carbocycles. The lowest BCUT2D eigenvalue weighted by Gasteiger charge is -2.31. The largest absolute Gasteiger partial charge is 0.355 e. The Hall–Kier alpha value is -5.87. The second kappa shape index (κ2) is 16.1. The number of amidine groups is 1. The van der Waals surface area contributed by atoms with Crippen molar-refractivity contribution >= 4 is 34.5 Å². The second-order valence-electron chi connectivity index (χ2n) is 15.2. The van der Waals surface area contributed by atoms with E-state index in [4.69, 9.17) is 0 Å². The van der Waals surface area contributed by atoms with Crippen LogP contribution in [0.4, 0.5) is 11.4 Å². The summed E-state index contributed by atoms with van der Waals surface area (Å²) in [6.07, 6.45) is 16.9. The summed E-state index contributed by atoms with van der Waals surface area (Å²) in [5.74, 6) is 1.58. The van der Waals surface area contributed by atoms with Gasteiger partial charge in [0.25, 0.3) is 0 Å². The quantitative estimate of drug-likeness (QED) is 0.0846. The van der Waals surface area contributed by atoms with Crippen LogP contribution in [-0.4, -0.2) is 29.6 Å². The number of allylic oxidation sites excluding steroid dienone is 7. The fraction of sp³-hybridized carbons (Fsp3) is 0.200. The lowest BCUT2D eigenvalue weighted by Crippen LogP contribution is -2.39. The van der Waals surface area contributed by atoms with Gasteiger partial charge >= 0.3 is 0 Å². The highest BCUT2D eigenvalue weighted by atomic mass is 32.2. The minimum Gasteiger partial charge on any atom is -0.355 e. The molecule has 0 spiro atoms. The van der Waals surface area contributed by atoms with Gasteiger partial charge < -0.3 is 10.6 Å². The molecule has 56 heavy (non-hydrogen) atoms. The highest BCUT2D eigenvalue weighted by Gasteiger charge is 2.42. The van der Waals surface area contributed by atoms with Gasteiger partial charge in [0.2, 0.25) is 0 Å². The first-order chi connectivity index (χ1) is 27.3. The summed E-state index contributed by atoms with van der Waals surface area (Å²) < 4.78 is 0.0239. The second-order valence-corrected chi connectivity index (χ2v) is 16.7. The number of fused-ring (bicyclic) bond motifs is 3. The average Bonchev–Trinajstić information content (AvgIpc) is 3.54. The zero-order chi connectivity index (χ0) is 38.6. The Morgan fingerprint density at radius 3 is 2.55 bits per heavy atom. The average molecular weight is 750 g/mol. The standard InChI is InChI=1S/C50H47N5S/c1-34-13-10-17-38(29-34)42-27-24-39(43-19-12-20-44-45-21-8-9-28-50(45,2)56-47(43)44)31-46(42)53-41-25-22-37(23-26-41)49(55(4)33-35-14-6-5-7-15-35)54-48(52-3)40-18-11-16-36(30-40)32-51/h5-12,14-31,34,45,49,53H,13,33H2,1-4H3,(H,52,54)/t34-,45?,49?,50?/m0/s1. The smallest absolute Gasteiger partial charge is 0.129 e. The van der Waals surface area contributed by atoms with Crippen LogP contribution in [0.3, 0.4) is 0 Å². The monoisotopic (exact) mass is 749 g/mol. The molecule has 5 aromatic rings. The third-order valence-corrected chi connectivity index (χ3v) is 12.5. The summed E-state index contributed by atoms with van der Waals surface area (Å²) >= 11 is 1.99. The van der Waals surface area contributed by atoms with Crippen molar-refractivity contribution in [1.82, 2.24) is 10.2 Å². The van der Waals surface area contributed by atoms with E-state index in [9.17, 15) is 5.26 Å². The summed E-state index contributed by atoms with van der Waals surface area (Å²) in [7, 11) is 3.91. The van der Waals surface area contributed by atoms with Gasteiger partial charge in [-0.2, -0.15) is 5.26 Å². The highest BCUT2D eigenvalue weighted by molar-refractivity contribution is 8.01. The van der Waals surface area contributed by atoms with Crippen LogP contribution in [0.25, 0.3) is 16.7 Å². The van der Waals surface area contributed by atoms with Crippen LogP contribution >= 0.6 is 11.8 Å². The number of aliphatic imine (C=N–C) groups is 1. The first-order valence-corrected chi connectivity index (χ1v) is 20.2. The normalized spacial score (nSPS) is 20.2. The molecule has 0 amide bonds. The molecule has 5 nitrogen and oxygen atoms in total. The minimum absolute atomic E-state index is 0.0239. The predicted molar refractivity (Wildman–Crippen MR) is 235 cm³/mol. The molecule has 0 aromatic heterocycles. The summed E-state index contributed by atoms with van der Waals surface area (Å²) in [6.45, 7) is 5.38. The zero-order valence-electron chi connectivity index (χ0n) is 32.4. The lowest BCUT2D eigenvalue weighted by molar-refractivity contribution is 0.221. The van der Waals surface area contributed by atoms with Crippen LogP contribution in [-0.2, 0) is 6.54 Å². The first kappa shape index (κ1) is 37.1. The van der Waals surface area contributed by atoms with E-state index in [1.54, 1.807) is 7.05 Å². The lowest BCUT2D eigenvalue weighted by atomic mass is 9.83. The molecule has 3 aliphatic rings. The van der Waals surface area contributed by atoms with Crippen molar-refractivity contribution in [2.75, 3.05) is 19.4 Å². The maximum Gasteiger partial charge on any atom is 0.129 e. The Bertz CT molecular complexity index is 2430. The maximum atomic E-state index is 9.59. The Morgan fingerprint density at radius 2 is 1.77 bits per heavy atom. The molecule has 8 rings (SSSR count). The summed E-state index contributed by atoms with van der Waals surface area (Å²) in [6, 6.07) is 42.8. The Kier molecular flexibility index (Phi) is 10.6. The molecule has 0 radical (unpaired) electrons. The molecule has 1 heterocycles. The molecule has 5 aromatic carbocycles. The van der Waals surface area contributed by atoms with Crippen molar-refractivity contribution in [3.05, 3.63) is 191 Å². The Morgan fingerprint density at radius 1 is 0.946 bits per heavy atom. The molecule has 0 bridgehead atoms. The van der Waals surface area contributed by atoms with Gasteiger partial charge in [-0.25, -0.2) is 0 Å². The summed E-state index contributed by atoms with van der Waals surface area (Å²) in [5.41, 5.74) is 12.2. The van der Waals surface area contributed by atoms with E-state index in [-0.39, 0.29) is 10.9 Å². The number of rotatable bonds is 10. The number of nitrogens with one attached hydrogen (secondary N) is 2. The van der Waals surface area contributed by atoms with Gasteiger partial charge in [-0.3, -0.25) is 9.89 Å². The SMILES string of the molecule is CN=C(NC(c1ccc(Nc2cc(-c3cccc4c3SC3(C)C=CC=CC43)ccc2C2=C[C@@H](C)CC=C2)cc1)N(C)Cc1ccccc1)c1cccc(C#N)c1. The van der Waals surface area contributed by atoms with Crippen molar-refractivity contribution in [1.29, 1.82) is 5.26 Å². The van der Waals surface area contributed by atoms with Crippen LogP contribution in [0, 0.1) is 17.2 Å². The number of anilines is 2. The van der Waals surface area contributed by atoms with Gasteiger partial charge in [-0.1, -0.05) is 134 Å². The summed E-state index contributed by atoms with van der Waals surface area (Å²) in [4.78, 5) is 8.30. The van der Waals surface area contributed by atoms with E-state index in [2.05, 4.69) is 175 Å². The Balaban J connectivity index is 1.13. The maximum absolute atomic E-state index is 9.59. The van der Waals surface area contributed by atoms with Gasteiger partial charge in [0, 0.05) is 51.7 Å². The van der Waals surface area contributed by atoms with E-state index in [1.165, 1.54) is 38.3 Å². The fourth-order valence-electron chi connectivity index (χ4n) is 8.13. The van der Waals surface area contributed by atoms with E-state index >= 15 is 0 Å². The molecule has 2 N–H and O–H groups in total. The molecular formula is C50H47N5S. The van der Waals surface area contributed by atoms with E-state index < -0.39 is 0 Å². The highest BCUT2D eigenvalue weighted by Crippen LogP contribution is 2.58. The van der Waals surface area contributed by atoms with Crippen molar-refractivity contribution < 1.29 is 0 Å². The fourth-order valence-corrected chi connectivity index (χ4v) is 9.66. The molecule has 1 aliphatic heterocycles. The molecule has 3 unspecified atom stereocenters. The van der Waals surface area contributed by atoms with Crippen LogP contribution in [0.15, 0.2) is 168 Å².